The molecular weight excluding hydrogens is 432 g/mol. The smallest absolute Gasteiger partial charge is 0.266 e. The van der Waals surface area contributed by atoms with Gasteiger partial charge in [-0.1, -0.05) is 54.1 Å². The summed E-state index contributed by atoms with van der Waals surface area (Å²) in [6.07, 6.45) is 1.87. The molecule has 1 aliphatic rings. The Hall–Kier alpha value is -3.51. The molecule has 1 fully saturated rings. The van der Waals surface area contributed by atoms with E-state index in [0.717, 1.165) is 16.8 Å². The number of amidine groups is 1. The van der Waals surface area contributed by atoms with E-state index in [0.29, 0.717) is 34.7 Å². The molecule has 6 heteroatoms. The van der Waals surface area contributed by atoms with Gasteiger partial charge in [0.1, 0.15) is 6.61 Å². The van der Waals surface area contributed by atoms with E-state index in [2.05, 4.69) is 0 Å². The first-order valence-corrected chi connectivity index (χ1v) is 11.6. The lowest BCUT2D eigenvalue weighted by Crippen LogP contribution is -2.28. The molecule has 0 aromatic heterocycles. The summed E-state index contributed by atoms with van der Waals surface area (Å²) in [5, 5.41) is 0.687. The number of hydrogen-bond donors (Lipinski definition) is 0. The van der Waals surface area contributed by atoms with Gasteiger partial charge in [0.25, 0.3) is 5.91 Å². The number of hydrogen-bond acceptors (Lipinski definition) is 5. The van der Waals surface area contributed by atoms with Crippen LogP contribution in [-0.2, 0) is 11.4 Å². The van der Waals surface area contributed by atoms with E-state index in [4.69, 9.17) is 14.5 Å². The van der Waals surface area contributed by atoms with Crippen LogP contribution in [0.3, 0.4) is 0 Å². The lowest BCUT2D eigenvalue weighted by Gasteiger charge is -2.12. The molecule has 3 aromatic rings. The maximum Gasteiger partial charge on any atom is 0.266 e. The summed E-state index contributed by atoms with van der Waals surface area (Å²) in [6, 6.07) is 23.6. The van der Waals surface area contributed by atoms with Crippen molar-refractivity contribution in [1.29, 1.82) is 0 Å². The topological polar surface area (TPSA) is 51.1 Å². The predicted octanol–water partition coefficient (Wildman–Crippen LogP) is 6.21. The van der Waals surface area contributed by atoms with E-state index in [1.807, 2.05) is 92.7 Å². The van der Waals surface area contributed by atoms with Gasteiger partial charge in [0.2, 0.25) is 0 Å². The summed E-state index contributed by atoms with van der Waals surface area (Å²) in [5.74, 6) is 1.24. The SMILES string of the molecule is CCN1C(=O)/C(=C\c2ccc(OCc3ccccc3)c(OC)c2)SC1=Nc1ccc(C)cc1. The molecular formula is C27H26N2O3S. The molecule has 0 aliphatic carbocycles. The number of aryl methyl sites for hydroxylation is 1. The van der Waals surface area contributed by atoms with Gasteiger partial charge in [-0.25, -0.2) is 4.99 Å². The van der Waals surface area contributed by atoms with Gasteiger partial charge in [-0.05, 0) is 67.1 Å². The summed E-state index contributed by atoms with van der Waals surface area (Å²) in [7, 11) is 1.61. The van der Waals surface area contributed by atoms with Crippen molar-refractivity contribution in [1.82, 2.24) is 4.90 Å². The standard InChI is InChI=1S/C27H26N2O3S/c1-4-29-26(30)25(33-27(29)28-22-13-10-19(2)11-14-22)17-21-12-15-23(24(16-21)31-3)32-18-20-8-6-5-7-9-20/h5-17H,4,18H2,1-3H3/b25-17+,28-27?. The minimum atomic E-state index is -0.0447. The summed E-state index contributed by atoms with van der Waals surface area (Å²) in [5.41, 5.74) is 3.95. The fraction of sp³-hybridized carbons (Fsp3) is 0.185. The second-order valence-corrected chi connectivity index (χ2v) is 8.58. The van der Waals surface area contributed by atoms with Gasteiger partial charge in [-0.3, -0.25) is 9.69 Å². The Labute approximate surface area is 198 Å². The van der Waals surface area contributed by atoms with E-state index >= 15 is 0 Å². The van der Waals surface area contributed by atoms with Gasteiger partial charge in [0.15, 0.2) is 16.7 Å². The van der Waals surface area contributed by atoms with Crippen molar-refractivity contribution in [3.05, 3.63) is 94.4 Å². The number of aliphatic imine (C=N–C) groups is 1. The molecule has 0 unspecified atom stereocenters. The number of likely N-dealkylation sites (N-methyl/N-ethyl adjacent to an activating group) is 1. The highest BCUT2D eigenvalue weighted by atomic mass is 32.2. The summed E-state index contributed by atoms with van der Waals surface area (Å²) >= 11 is 1.39. The predicted molar refractivity (Wildman–Crippen MR) is 135 cm³/mol. The Kier molecular flexibility index (Phi) is 7.15. The average Bonchev–Trinajstić information content (AvgIpc) is 3.13. The van der Waals surface area contributed by atoms with Crippen LogP contribution in [-0.4, -0.2) is 29.6 Å². The van der Waals surface area contributed by atoms with Crippen molar-refractivity contribution < 1.29 is 14.3 Å². The molecule has 1 amide bonds. The maximum atomic E-state index is 13.0. The number of amides is 1. The Morgan fingerprint density at radius 2 is 1.76 bits per heavy atom. The van der Waals surface area contributed by atoms with Crippen LogP contribution >= 0.6 is 11.8 Å². The van der Waals surface area contributed by atoms with Crippen LogP contribution in [0.4, 0.5) is 5.69 Å². The van der Waals surface area contributed by atoms with E-state index in [1.54, 1.807) is 12.0 Å². The summed E-state index contributed by atoms with van der Waals surface area (Å²) in [4.78, 5) is 20.0. The lowest BCUT2D eigenvalue weighted by atomic mass is 10.1. The number of ether oxygens (including phenoxy) is 2. The fourth-order valence-corrected chi connectivity index (χ4v) is 4.44. The Bertz CT molecular complexity index is 1190. The molecule has 0 radical (unpaired) electrons. The number of carbonyl (C=O) groups is 1. The van der Waals surface area contributed by atoms with Crippen molar-refractivity contribution in [2.75, 3.05) is 13.7 Å². The van der Waals surface area contributed by atoms with Crippen LogP contribution in [0.25, 0.3) is 6.08 Å². The molecule has 1 heterocycles. The monoisotopic (exact) mass is 458 g/mol. The zero-order chi connectivity index (χ0) is 23.2. The molecule has 5 nitrogen and oxygen atoms in total. The minimum absolute atomic E-state index is 0.0447. The van der Waals surface area contributed by atoms with Crippen LogP contribution in [0.5, 0.6) is 11.5 Å². The first kappa shape index (κ1) is 22.7. The third kappa shape index (κ3) is 5.46. The Morgan fingerprint density at radius 3 is 2.45 bits per heavy atom. The molecule has 4 rings (SSSR count). The number of benzene rings is 3. The van der Waals surface area contributed by atoms with Gasteiger partial charge in [0, 0.05) is 6.54 Å². The van der Waals surface area contributed by atoms with Crippen LogP contribution in [0.1, 0.15) is 23.6 Å². The van der Waals surface area contributed by atoms with Crippen molar-refractivity contribution in [2.45, 2.75) is 20.5 Å². The van der Waals surface area contributed by atoms with Crippen molar-refractivity contribution in [3.8, 4) is 11.5 Å². The highest BCUT2D eigenvalue weighted by molar-refractivity contribution is 8.18. The average molecular weight is 459 g/mol. The molecule has 3 aromatic carbocycles. The molecule has 0 atom stereocenters. The van der Waals surface area contributed by atoms with Gasteiger partial charge >= 0.3 is 0 Å². The van der Waals surface area contributed by atoms with Gasteiger partial charge in [-0.2, -0.15) is 0 Å². The fourth-order valence-electron chi connectivity index (χ4n) is 3.38. The molecule has 168 valence electrons. The van der Waals surface area contributed by atoms with Gasteiger partial charge in [-0.15, -0.1) is 0 Å². The van der Waals surface area contributed by atoms with Crippen molar-refractivity contribution in [2.24, 2.45) is 4.99 Å². The Balaban J connectivity index is 1.54. The third-order valence-electron chi connectivity index (χ3n) is 5.19. The molecule has 0 N–H and O–H groups in total. The summed E-state index contributed by atoms with van der Waals surface area (Å²) in [6.45, 7) is 5.00. The van der Waals surface area contributed by atoms with Crippen LogP contribution in [0.15, 0.2) is 82.7 Å². The van der Waals surface area contributed by atoms with E-state index in [-0.39, 0.29) is 5.91 Å². The van der Waals surface area contributed by atoms with Crippen molar-refractivity contribution >= 4 is 34.6 Å². The quantitative estimate of drug-likeness (QED) is 0.395. The number of carbonyl (C=O) groups excluding carboxylic acids is 1. The molecule has 1 saturated heterocycles. The number of methoxy groups -OCH3 is 1. The first-order chi connectivity index (χ1) is 16.1. The second kappa shape index (κ2) is 10.4. The van der Waals surface area contributed by atoms with Crippen molar-refractivity contribution in [3.63, 3.8) is 0 Å². The minimum Gasteiger partial charge on any atom is -0.493 e. The molecule has 1 aliphatic heterocycles. The van der Waals surface area contributed by atoms with E-state index in [1.165, 1.54) is 17.3 Å². The molecule has 0 spiro atoms. The summed E-state index contributed by atoms with van der Waals surface area (Å²) < 4.78 is 11.5. The molecule has 0 saturated carbocycles. The third-order valence-corrected chi connectivity index (χ3v) is 6.19. The number of thioether (sulfide) groups is 1. The largest absolute Gasteiger partial charge is 0.493 e. The second-order valence-electron chi connectivity index (χ2n) is 7.57. The zero-order valence-electron chi connectivity index (χ0n) is 18.9. The van der Waals surface area contributed by atoms with Gasteiger partial charge in [0.05, 0.1) is 17.7 Å². The number of rotatable bonds is 7. The van der Waals surface area contributed by atoms with E-state index < -0.39 is 0 Å². The number of nitrogens with zero attached hydrogens (tertiary/aromatic N) is 2. The lowest BCUT2D eigenvalue weighted by molar-refractivity contribution is -0.122. The molecule has 0 bridgehead atoms. The highest BCUT2D eigenvalue weighted by Crippen LogP contribution is 2.36. The van der Waals surface area contributed by atoms with Crippen LogP contribution in [0.2, 0.25) is 0 Å². The first-order valence-electron chi connectivity index (χ1n) is 10.8. The Morgan fingerprint density at radius 1 is 1.00 bits per heavy atom. The molecule has 33 heavy (non-hydrogen) atoms. The highest BCUT2D eigenvalue weighted by Gasteiger charge is 2.32. The van der Waals surface area contributed by atoms with Crippen LogP contribution < -0.4 is 9.47 Å². The zero-order valence-corrected chi connectivity index (χ0v) is 19.8. The van der Waals surface area contributed by atoms with Gasteiger partial charge < -0.3 is 9.47 Å². The van der Waals surface area contributed by atoms with Crippen LogP contribution in [0, 0.1) is 6.92 Å². The normalized spacial score (nSPS) is 16.0. The van der Waals surface area contributed by atoms with E-state index in [9.17, 15) is 4.79 Å². The maximum absolute atomic E-state index is 13.0.